The molecule has 2 nitrogen and oxygen atoms in total. The fraction of sp³-hybridized carbons (Fsp3) is 0.0612. The number of aromatic nitrogens is 2. The first-order chi connectivity index (χ1) is 25.0. The molecule has 1 aromatic heterocycles. The molecule has 0 saturated carbocycles. The first-order valence-corrected chi connectivity index (χ1v) is 17.7. The van der Waals surface area contributed by atoms with Gasteiger partial charge in [-0.2, -0.15) is 0 Å². The van der Waals surface area contributed by atoms with Gasteiger partial charge in [-0.15, -0.1) is 0 Å². The predicted molar refractivity (Wildman–Crippen MR) is 214 cm³/mol. The summed E-state index contributed by atoms with van der Waals surface area (Å²) >= 11 is 0. The number of fused-ring (bicyclic) bond motifs is 7. The van der Waals surface area contributed by atoms with Crippen LogP contribution in [0.3, 0.4) is 0 Å². The van der Waals surface area contributed by atoms with Crippen LogP contribution in [0.2, 0.25) is 0 Å². The molecule has 0 atom stereocenters. The van der Waals surface area contributed by atoms with E-state index in [0.717, 1.165) is 33.6 Å². The Balaban J connectivity index is 1.23. The summed E-state index contributed by atoms with van der Waals surface area (Å²) in [5.41, 5.74) is 12.6. The van der Waals surface area contributed by atoms with Crippen molar-refractivity contribution in [2.24, 2.45) is 0 Å². The Hall–Kier alpha value is -6.38. The van der Waals surface area contributed by atoms with Crippen molar-refractivity contribution in [2.75, 3.05) is 0 Å². The lowest BCUT2D eigenvalue weighted by Gasteiger charge is -2.22. The van der Waals surface area contributed by atoms with Gasteiger partial charge in [0.2, 0.25) is 0 Å². The minimum Gasteiger partial charge on any atom is -0.228 e. The van der Waals surface area contributed by atoms with Gasteiger partial charge in [0, 0.05) is 22.1 Å². The van der Waals surface area contributed by atoms with Gasteiger partial charge < -0.3 is 0 Å². The third kappa shape index (κ3) is 4.64. The zero-order valence-electron chi connectivity index (χ0n) is 28.6. The van der Waals surface area contributed by atoms with Crippen molar-refractivity contribution >= 4 is 32.3 Å². The molecule has 0 saturated heterocycles. The van der Waals surface area contributed by atoms with E-state index >= 15 is 0 Å². The molecule has 0 radical (unpaired) electrons. The van der Waals surface area contributed by atoms with Crippen LogP contribution in [-0.2, 0) is 5.41 Å². The molecule has 0 N–H and O–H groups in total. The number of hydrogen-bond donors (Lipinski definition) is 0. The largest absolute Gasteiger partial charge is 0.228 e. The van der Waals surface area contributed by atoms with Gasteiger partial charge in [-0.25, -0.2) is 9.97 Å². The van der Waals surface area contributed by atoms with E-state index in [2.05, 4.69) is 178 Å². The molecule has 51 heavy (non-hydrogen) atoms. The average molecular weight is 651 g/mol. The molecule has 0 aliphatic heterocycles. The first kappa shape index (κ1) is 29.5. The minimum atomic E-state index is -0.126. The molecule has 8 aromatic carbocycles. The Morgan fingerprint density at radius 3 is 1.73 bits per heavy atom. The third-order valence-electron chi connectivity index (χ3n) is 10.9. The normalized spacial score (nSPS) is 13.1. The second kappa shape index (κ2) is 11.3. The monoisotopic (exact) mass is 650 g/mol. The zero-order chi connectivity index (χ0) is 34.1. The molecule has 1 aliphatic carbocycles. The third-order valence-corrected chi connectivity index (χ3v) is 10.9. The van der Waals surface area contributed by atoms with Gasteiger partial charge in [-0.05, 0) is 90.0 Å². The Morgan fingerprint density at radius 1 is 0.373 bits per heavy atom. The van der Waals surface area contributed by atoms with Gasteiger partial charge in [0.1, 0.15) is 0 Å². The van der Waals surface area contributed by atoms with Gasteiger partial charge in [-0.3, -0.25) is 0 Å². The van der Waals surface area contributed by atoms with Crippen molar-refractivity contribution in [1.29, 1.82) is 0 Å². The van der Waals surface area contributed by atoms with Gasteiger partial charge in [-0.1, -0.05) is 159 Å². The molecule has 0 spiro atoms. The van der Waals surface area contributed by atoms with Crippen molar-refractivity contribution in [1.82, 2.24) is 9.97 Å². The molecule has 0 unspecified atom stereocenters. The molecule has 1 heterocycles. The lowest BCUT2D eigenvalue weighted by atomic mass is 9.81. The Morgan fingerprint density at radius 2 is 0.941 bits per heavy atom. The first-order valence-electron chi connectivity index (χ1n) is 17.7. The average Bonchev–Trinajstić information content (AvgIpc) is 3.42. The highest BCUT2D eigenvalue weighted by Crippen LogP contribution is 2.54. The highest BCUT2D eigenvalue weighted by atomic mass is 14.9. The SMILES string of the molecule is CC1(C)c2cc3ccccc3cc2-c2c(-c3ccccc3-c3cc(-c4cc5ccccc5c5ccccc45)nc(-c4ccccc4)n3)cccc21. The van der Waals surface area contributed by atoms with Crippen LogP contribution in [0.5, 0.6) is 0 Å². The molecule has 1 aliphatic rings. The van der Waals surface area contributed by atoms with Crippen LogP contribution in [0, 0.1) is 0 Å². The summed E-state index contributed by atoms with van der Waals surface area (Å²) in [7, 11) is 0. The summed E-state index contributed by atoms with van der Waals surface area (Å²) in [6.45, 7) is 4.72. The van der Waals surface area contributed by atoms with Crippen molar-refractivity contribution < 1.29 is 0 Å². The van der Waals surface area contributed by atoms with Crippen LogP contribution in [0.1, 0.15) is 25.0 Å². The molecule has 2 heteroatoms. The van der Waals surface area contributed by atoms with E-state index < -0.39 is 0 Å². The van der Waals surface area contributed by atoms with E-state index in [1.54, 1.807) is 0 Å². The van der Waals surface area contributed by atoms with Gasteiger partial charge in [0.05, 0.1) is 11.4 Å². The summed E-state index contributed by atoms with van der Waals surface area (Å²) in [6.07, 6.45) is 0. The van der Waals surface area contributed by atoms with E-state index in [1.807, 2.05) is 6.07 Å². The fourth-order valence-corrected chi connectivity index (χ4v) is 8.34. The topological polar surface area (TPSA) is 25.8 Å². The van der Waals surface area contributed by atoms with Crippen molar-refractivity contribution in [3.63, 3.8) is 0 Å². The molecule has 10 rings (SSSR count). The maximum Gasteiger partial charge on any atom is 0.160 e. The van der Waals surface area contributed by atoms with E-state index in [0.29, 0.717) is 5.82 Å². The Bertz CT molecular complexity index is 2830. The second-order valence-electron chi connectivity index (χ2n) is 14.2. The van der Waals surface area contributed by atoms with Crippen LogP contribution in [-0.4, -0.2) is 9.97 Å². The quantitative estimate of drug-likeness (QED) is 0.177. The van der Waals surface area contributed by atoms with Gasteiger partial charge in [0.25, 0.3) is 0 Å². The maximum atomic E-state index is 5.32. The van der Waals surface area contributed by atoms with Crippen LogP contribution in [0.15, 0.2) is 170 Å². The van der Waals surface area contributed by atoms with E-state index in [9.17, 15) is 0 Å². The lowest BCUT2D eigenvalue weighted by molar-refractivity contribution is 0.661. The van der Waals surface area contributed by atoms with Crippen LogP contribution in [0.25, 0.3) is 88.5 Å². The van der Waals surface area contributed by atoms with Crippen molar-refractivity contribution in [2.45, 2.75) is 19.3 Å². The maximum absolute atomic E-state index is 5.32. The van der Waals surface area contributed by atoms with E-state index in [1.165, 1.54) is 60.1 Å². The van der Waals surface area contributed by atoms with Crippen LogP contribution in [0.4, 0.5) is 0 Å². The number of hydrogen-bond acceptors (Lipinski definition) is 2. The summed E-state index contributed by atoms with van der Waals surface area (Å²) < 4.78 is 0. The highest BCUT2D eigenvalue weighted by molar-refractivity contribution is 6.13. The van der Waals surface area contributed by atoms with E-state index in [-0.39, 0.29) is 5.41 Å². The van der Waals surface area contributed by atoms with Crippen molar-refractivity contribution in [3.8, 4) is 56.2 Å². The molecule has 0 amide bonds. The van der Waals surface area contributed by atoms with Gasteiger partial charge >= 0.3 is 0 Å². The van der Waals surface area contributed by atoms with E-state index in [4.69, 9.17) is 9.97 Å². The molecule has 240 valence electrons. The molecular weight excluding hydrogens is 617 g/mol. The molecular formula is C49H34N2. The Kier molecular flexibility index (Phi) is 6.56. The Labute approximate surface area is 297 Å². The van der Waals surface area contributed by atoms with Crippen molar-refractivity contribution in [3.05, 3.63) is 181 Å². The van der Waals surface area contributed by atoms with Crippen LogP contribution >= 0.6 is 0 Å². The number of rotatable bonds is 4. The molecule has 0 bridgehead atoms. The molecule has 9 aromatic rings. The highest BCUT2D eigenvalue weighted by Gasteiger charge is 2.37. The summed E-state index contributed by atoms with van der Waals surface area (Å²) in [5, 5.41) is 7.39. The summed E-state index contributed by atoms with van der Waals surface area (Å²) in [4.78, 5) is 10.6. The standard InChI is InChI=1S/C49H34N2/c1-49(2)43-26-14-25-40(47(43)42-27-32-17-6-7-18-33(32)29-44(42)49)38-23-12-13-24-39(38)45-30-46(51-48(50-45)31-15-4-3-5-16-31)41-28-34-19-8-9-20-35(34)36-21-10-11-22-37(36)41/h3-30H,1-2H3. The van der Waals surface area contributed by atoms with Crippen LogP contribution < -0.4 is 0 Å². The summed E-state index contributed by atoms with van der Waals surface area (Å²) in [6, 6.07) is 61.2. The lowest BCUT2D eigenvalue weighted by Crippen LogP contribution is -2.14. The number of nitrogens with zero attached hydrogens (tertiary/aromatic N) is 2. The molecule has 0 fully saturated rings. The second-order valence-corrected chi connectivity index (χ2v) is 14.2. The fourth-order valence-electron chi connectivity index (χ4n) is 8.34. The summed E-state index contributed by atoms with van der Waals surface area (Å²) in [5.74, 6) is 0.714. The minimum absolute atomic E-state index is 0.126. The smallest absolute Gasteiger partial charge is 0.160 e. The number of benzene rings is 8. The predicted octanol–water partition coefficient (Wildman–Crippen LogP) is 12.9. The zero-order valence-corrected chi connectivity index (χ0v) is 28.6. The van der Waals surface area contributed by atoms with Gasteiger partial charge in [0.15, 0.2) is 5.82 Å².